The number of aromatic nitrogens is 2. The van der Waals surface area contributed by atoms with Crippen LogP contribution in [0.1, 0.15) is 23.7 Å². The van der Waals surface area contributed by atoms with E-state index in [0.29, 0.717) is 13.1 Å². The third-order valence-corrected chi connectivity index (χ3v) is 3.80. The molecule has 0 fully saturated rings. The smallest absolute Gasteiger partial charge is 0.216 e. The summed E-state index contributed by atoms with van der Waals surface area (Å²) >= 11 is 0. The average molecular weight is 329 g/mol. The molecule has 0 bridgehead atoms. The molecule has 0 atom stereocenters. The zero-order valence-electron chi connectivity index (χ0n) is 15.2. The quantitative estimate of drug-likeness (QED) is 0.652. The molecule has 0 saturated heterocycles. The molecule has 0 amide bonds. The van der Waals surface area contributed by atoms with Crippen molar-refractivity contribution in [2.45, 2.75) is 26.4 Å². The van der Waals surface area contributed by atoms with Crippen LogP contribution in [-0.4, -0.2) is 41.8 Å². The molecule has 1 aromatic heterocycles. The Bertz CT molecular complexity index is 676. The van der Waals surface area contributed by atoms with Gasteiger partial charge in [-0.25, -0.2) is 9.67 Å². The van der Waals surface area contributed by atoms with Crippen molar-refractivity contribution in [1.82, 2.24) is 20.0 Å². The lowest BCUT2D eigenvalue weighted by molar-refractivity contribution is 0.368. The van der Waals surface area contributed by atoms with E-state index in [9.17, 15) is 0 Å². The Kier molecular flexibility index (Phi) is 6.23. The molecule has 0 radical (unpaired) electrons. The van der Waals surface area contributed by atoms with Crippen molar-refractivity contribution >= 4 is 5.96 Å². The topological polar surface area (TPSA) is 54.7 Å². The number of aliphatic imine (C=N–C) groups is 1. The molecule has 24 heavy (non-hydrogen) atoms. The minimum Gasteiger partial charge on any atom is -0.481 e. The number of nitrogens with one attached hydrogen (secondary N) is 1. The molecule has 0 unspecified atom stereocenters. The van der Waals surface area contributed by atoms with Crippen molar-refractivity contribution in [3.63, 3.8) is 0 Å². The molecular formula is C18H27N5O. The molecule has 1 aromatic carbocycles. The second-order valence-electron chi connectivity index (χ2n) is 5.79. The molecule has 2 rings (SSSR count). The van der Waals surface area contributed by atoms with E-state index < -0.39 is 0 Å². The van der Waals surface area contributed by atoms with Gasteiger partial charge in [-0.1, -0.05) is 37.3 Å². The molecule has 0 aliphatic heterocycles. The highest BCUT2D eigenvalue weighted by Gasteiger charge is 2.16. The number of rotatable bonds is 6. The summed E-state index contributed by atoms with van der Waals surface area (Å²) in [4.78, 5) is 6.67. The summed E-state index contributed by atoms with van der Waals surface area (Å²) in [5.74, 6) is 1.63. The fourth-order valence-corrected chi connectivity index (χ4v) is 2.60. The summed E-state index contributed by atoms with van der Waals surface area (Å²) < 4.78 is 7.27. The fraction of sp³-hybridized carbons (Fsp3) is 0.444. The van der Waals surface area contributed by atoms with E-state index in [4.69, 9.17) is 4.74 Å². The highest BCUT2D eigenvalue weighted by Crippen LogP contribution is 2.21. The van der Waals surface area contributed by atoms with Gasteiger partial charge in [0.25, 0.3) is 0 Å². The number of aryl methyl sites for hydroxylation is 2. The Balaban J connectivity index is 2.12. The van der Waals surface area contributed by atoms with E-state index in [0.717, 1.165) is 29.5 Å². The summed E-state index contributed by atoms with van der Waals surface area (Å²) in [6, 6.07) is 10.2. The molecule has 0 aliphatic rings. The Morgan fingerprint density at radius 1 is 1.29 bits per heavy atom. The van der Waals surface area contributed by atoms with Gasteiger partial charge in [-0.2, -0.15) is 5.10 Å². The largest absolute Gasteiger partial charge is 0.481 e. The Labute approximate surface area is 144 Å². The van der Waals surface area contributed by atoms with Gasteiger partial charge in [-0.05, 0) is 12.0 Å². The minimum atomic E-state index is 0.631. The Morgan fingerprint density at radius 2 is 2.00 bits per heavy atom. The highest BCUT2D eigenvalue weighted by molar-refractivity contribution is 5.79. The van der Waals surface area contributed by atoms with E-state index in [2.05, 4.69) is 34.5 Å². The first kappa shape index (κ1) is 17.8. The second-order valence-corrected chi connectivity index (χ2v) is 5.79. The van der Waals surface area contributed by atoms with Crippen LogP contribution >= 0.6 is 0 Å². The number of benzene rings is 1. The maximum absolute atomic E-state index is 5.49. The van der Waals surface area contributed by atoms with Gasteiger partial charge in [-0.15, -0.1) is 0 Å². The fourth-order valence-electron chi connectivity index (χ4n) is 2.60. The van der Waals surface area contributed by atoms with Crippen molar-refractivity contribution in [1.29, 1.82) is 0 Å². The molecule has 0 saturated carbocycles. The summed E-state index contributed by atoms with van der Waals surface area (Å²) in [5.41, 5.74) is 3.31. The maximum Gasteiger partial charge on any atom is 0.216 e. The standard InChI is InChI=1S/C18H27N5O/c1-6-16-15(17(24-5)23(4)21-16)13-20-18(22(2)3)19-12-14-10-8-7-9-11-14/h7-11H,6,12-13H2,1-5H3,(H,19,20). The summed E-state index contributed by atoms with van der Waals surface area (Å²) in [6.45, 7) is 3.37. The molecule has 0 aliphatic carbocycles. The van der Waals surface area contributed by atoms with Gasteiger partial charge < -0.3 is 15.0 Å². The van der Waals surface area contributed by atoms with Crippen molar-refractivity contribution in [3.8, 4) is 5.88 Å². The van der Waals surface area contributed by atoms with E-state index in [1.54, 1.807) is 11.8 Å². The number of ether oxygens (including phenoxy) is 1. The normalized spacial score (nSPS) is 11.5. The van der Waals surface area contributed by atoms with Crippen LogP contribution in [0.25, 0.3) is 0 Å². The van der Waals surface area contributed by atoms with Gasteiger partial charge >= 0.3 is 0 Å². The van der Waals surface area contributed by atoms with Crippen LogP contribution in [0.5, 0.6) is 5.88 Å². The van der Waals surface area contributed by atoms with Crippen LogP contribution in [0, 0.1) is 0 Å². The monoisotopic (exact) mass is 329 g/mol. The van der Waals surface area contributed by atoms with Crippen LogP contribution in [0.4, 0.5) is 0 Å². The molecule has 0 spiro atoms. The van der Waals surface area contributed by atoms with Crippen molar-refractivity contribution in [2.24, 2.45) is 12.0 Å². The third-order valence-electron chi connectivity index (χ3n) is 3.80. The van der Waals surface area contributed by atoms with Crippen molar-refractivity contribution < 1.29 is 4.74 Å². The lowest BCUT2D eigenvalue weighted by Crippen LogP contribution is -2.36. The Hall–Kier alpha value is -2.50. The molecule has 6 nitrogen and oxygen atoms in total. The number of hydrogen-bond donors (Lipinski definition) is 1. The predicted molar refractivity (Wildman–Crippen MR) is 97.2 cm³/mol. The first-order valence-corrected chi connectivity index (χ1v) is 8.15. The minimum absolute atomic E-state index is 0.631. The zero-order valence-corrected chi connectivity index (χ0v) is 15.2. The summed E-state index contributed by atoms with van der Waals surface area (Å²) in [6.07, 6.45) is 0.868. The molecule has 130 valence electrons. The summed E-state index contributed by atoms with van der Waals surface area (Å²) in [5, 5.41) is 7.93. The van der Waals surface area contributed by atoms with Crippen molar-refractivity contribution in [3.05, 3.63) is 47.2 Å². The first-order chi connectivity index (χ1) is 11.6. The lowest BCUT2D eigenvalue weighted by atomic mass is 10.2. The summed E-state index contributed by atoms with van der Waals surface area (Å²) in [7, 11) is 7.55. The van der Waals surface area contributed by atoms with Gasteiger partial charge in [-0.3, -0.25) is 0 Å². The third kappa shape index (κ3) is 4.28. The van der Waals surface area contributed by atoms with Gasteiger partial charge in [0.05, 0.1) is 31.5 Å². The molecule has 2 aromatic rings. The van der Waals surface area contributed by atoms with Gasteiger partial charge in [0, 0.05) is 21.1 Å². The van der Waals surface area contributed by atoms with Gasteiger partial charge in [0.2, 0.25) is 5.88 Å². The van der Waals surface area contributed by atoms with Crippen LogP contribution in [0.2, 0.25) is 0 Å². The molecular weight excluding hydrogens is 302 g/mol. The molecule has 1 heterocycles. The average Bonchev–Trinajstić information content (AvgIpc) is 2.90. The number of guanidine groups is 1. The number of methoxy groups -OCH3 is 1. The van der Waals surface area contributed by atoms with Crippen LogP contribution in [-0.2, 0) is 26.6 Å². The number of hydrogen-bond acceptors (Lipinski definition) is 3. The van der Waals surface area contributed by atoms with E-state index in [1.165, 1.54) is 5.56 Å². The molecule has 1 N–H and O–H groups in total. The first-order valence-electron chi connectivity index (χ1n) is 8.15. The van der Waals surface area contributed by atoms with E-state index in [1.807, 2.05) is 44.2 Å². The maximum atomic E-state index is 5.49. The predicted octanol–water partition coefficient (Wildman–Crippen LogP) is 2.20. The van der Waals surface area contributed by atoms with Crippen LogP contribution in [0.3, 0.4) is 0 Å². The van der Waals surface area contributed by atoms with Gasteiger partial charge in [0.1, 0.15) is 0 Å². The van der Waals surface area contributed by atoms with E-state index in [-0.39, 0.29) is 0 Å². The molecule has 6 heteroatoms. The van der Waals surface area contributed by atoms with Crippen LogP contribution < -0.4 is 10.1 Å². The second kappa shape index (κ2) is 8.38. The highest BCUT2D eigenvalue weighted by atomic mass is 16.5. The van der Waals surface area contributed by atoms with E-state index >= 15 is 0 Å². The lowest BCUT2D eigenvalue weighted by Gasteiger charge is -2.18. The SMILES string of the molecule is CCc1nn(C)c(OC)c1CNC(=NCc1ccccc1)N(C)C. The van der Waals surface area contributed by atoms with Gasteiger partial charge in [0.15, 0.2) is 5.96 Å². The van der Waals surface area contributed by atoms with Crippen LogP contribution in [0.15, 0.2) is 35.3 Å². The number of nitrogens with zero attached hydrogens (tertiary/aromatic N) is 4. The Morgan fingerprint density at radius 3 is 2.58 bits per heavy atom. The van der Waals surface area contributed by atoms with Crippen molar-refractivity contribution in [2.75, 3.05) is 21.2 Å². The zero-order chi connectivity index (χ0) is 17.5.